The molecule has 3 heteroatoms. The Morgan fingerprint density at radius 1 is 1.50 bits per heavy atom. The summed E-state index contributed by atoms with van der Waals surface area (Å²) in [7, 11) is 0. The molecule has 0 saturated heterocycles. The van der Waals surface area contributed by atoms with Gasteiger partial charge in [-0.25, -0.2) is 0 Å². The van der Waals surface area contributed by atoms with Crippen LogP contribution in [0.1, 0.15) is 17.5 Å². The number of hydrogen-bond donors (Lipinski definition) is 2. The highest BCUT2D eigenvalue weighted by molar-refractivity contribution is 5.76. The number of carbonyl (C=O) groups excluding carboxylic acids is 1. The summed E-state index contributed by atoms with van der Waals surface area (Å²) in [6, 6.07) is 5.60. The van der Waals surface area contributed by atoms with E-state index in [4.69, 9.17) is 11.5 Å². The van der Waals surface area contributed by atoms with Crippen LogP contribution < -0.4 is 11.5 Å². The van der Waals surface area contributed by atoms with E-state index in [1.165, 1.54) is 0 Å². The maximum Gasteiger partial charge on any atom is 0.229 e. The van der Waals surface area contributed by atoms with Crippen LogP contribution in [0.15, 0.2) is 18.2 Å². The minimum atomic E-state index is -0.427. The van der Waals surface area contributed by atoms with Crippen LogP contribution >= 0.6 is 0 Å². The smallest absolute Gasteiger partial charge is 0.229 e. The van der Waals surface area contributed by atoms with Crippen LogP contribution in [0.3, 0.4) is 0 Å². The number of amides is 1. The van der Waals surface area contributed by atoms with Gasteiger partial charge in [0.25, 0.3) is 0 Å². The molecule has 14 heavy (non-hydrogen) atoms. The number of aryl methyl sites for hydroxylation is 1. The SMILES string of the molecule is Cc1cccc(C#CCC(N)=O)c1N. The van der Waals surface area contributed by atoms with Crippen molar-refractivity contribution < 1.29 is 4.79 Å². The summed E-state index contributed by atoms with van der Waals surface area (Å²) in [6.07, 6.45) is 0.0629. The fourth-order valence-electron chi connectivity index (χ4n) is 1.02. The van der Waals surface area contributed by atoms with E-state index in [1.807, 2.05) is 25.1 Å². The summed E-state index contributed by atoms with van der Waals surface area (Å²) in [5.74, 6) is 5.05. The molecule has 0 atom stereocenters. The number of anilines is 1. The number of rotatable bonds is 1. The van der Waals surface area contributed by atoms with Crippen molar-refractivity contribution in [3.05, 3.63) is 29.3 Å². The van der Waals surface area contributed by atoms with Crippen molar-refractivity contribution in [1.82, 2.24) is 0 Å². The molecule has 1 rings (SSSR count). The Hall–Kier alpha value is -1.95. The topological polar surface area (TPSA) is 69.1 Å². The molecule has 1 aromatic carbocycles. The number of para-hydroxylation sites is 1. The Bertz CT molecular complexity index is 413. The minimum absolute atomic E-state index is 0.0629. The second-order valence-corrected chi connectivity index (χ2v) is 2.98. The molecular weight excluding hydrogens is 176 g/mol. The molecule has 0 aliphatic heterocycles. The molecule has 0 heterocycles. The zero-order valence-electron chi connectivity index (χ0n) is 8.00. The molecule has 0 spiro atoms. The van der Waals surface area contributed by atoms with E-state index in [0.29, 0.717) is 5.69 Å². The summed E-state index contributed by atoms with van der Waals surface area (Å²) >= 11 is 0. The maximum absolute atomic E-state index is 10.4. The van der Waals surface area contributed by atoms with Crippen molar-refractivity contribution in [1.29, 1.82) is 0 Å². The summed E-state index contributed by atoms with van der Waals surface area (Å²) < 4.78 is 0. The molecule has 0 aromatic heterocycles. The average molecular weight is 188 g/mol. The standard InChI is InChI=1S/C11H12N2O/c1-8-4-2-5-9(11(8)13)6-3-7-10(12)14/h2,4-5H,7,13H2,1H3,(H2,12,14). The van der Waals surface area contributed by atoms with Crippen molar-refractivity contribution in [3.8, 4) is 11.8 Å². The van der Waals surface area contributed by atoms with Crippen LogP contribution in [0.4, 0.5) is 5.69 Å². The van der Waals surface area contributed by atoms with Gasteiger partial charge in [-0.2, -0.15) is 0 Å². The van der Waals surface area contributed by atoms with Crippen LogP contribution in [0.2, 0.25) is 0 Å². The Balaban J connectivity index is 2.90. The first-order valence-corrected chi connectivity index (χ1v) is 4.23. The fraction of sp³-hybridized carbons (Fsp3) is 0.182. The third-order valence-corrected chi connectivity index (χ3v) is 1.81. The molecule has 0 fully saturated rings. The maximum atomic E-state index is 10.4. The largest absolute Gasteiger partial charge is 0.398 e. The monoisotopic (exact) mass is 188 g/mol. The Morgan fingerprint density at radius 3 is 2.86 bits per heavy atom. The number of carbonyl (C=O) groups is 1. The third-order valence-electron chi connectivity index (χ3n) is 1.81. The lowest BCUT2D eigenvalue weighted by Crippen LogP contribution is -2.08. The third kappa shape index (κ3) is 2.53. The molecular formula is C11H12N2O. The second kappa shape index (κ2) is 4.33. The quantitative estimate of drug-likeness (QED) is 0.505. The van der Waals surface area contributed by atoms with Crippen molar-refractivity contribution in [2.75, 3.05) is 5.73 Å². The van der Waals surface area contributed by atoms with Gasteiger partial charge in [-0.3, -0.25) is 4.79 Å². The lowest BCUT2D eigenvalue weighted by molar-refractivity contribution is -0.117. The lowest BCUT2D eigenvalue weighted by atomic mass is 10.1. The van der Waals surface area contributed by atoms with Gasteiger partial charge >= 0.3 is 0 Å². The molecule has 3 nitrogen and oxygen atoms in total. The Labute approximate surface area is 83.1 Å². The minimum Gasteiger partial charge on any atom is -0.398 e. The van der Waals surface area contributed by atoms with E-state index in [2.05, 4.69) is 11.8 Å². The highest BCUT2D eigenvalue weighted by Gasteiger charge is 1.97. The van der Waals surface area contributed by atoms with Gasteiger partial charge in [-0.15, -0.1) is 0 Å². The number of nitrogens with two attached hydrogens (primary N) is 2. The van der Waals surface area contributed by atoms with Crippen LogP contribution in [0.5, 0.6) is 0 Å². The molecule has 0 aliphatic rings. The van der Waals surface area contributed by atoms with Crippen molar-refractivity contribution >= 4 is 11.6 Å². The van der Waals surface area contributed by atoms with Gasteiger partial charge in [0.1, 0.15) is 0 Å². The van der Waals surface area contributed by atoms with Crippen LogP contribution in [-0.2, 0) is 4.79 Å². The average Bonchev–Trinajstić information content (AvgIpc) is 2.12. The molecule has 0 unspecified atom stereocenters. The molecule has 72 valence electrons. The van der Waals surface area contributed by atoms with E-state index in [0.717, 1.165) is 11.1 Å². The van der Waals surface area contributed by atoms with Gasteiger partial charge in [-0.05, 0) is 18.6 Å². The van der Waals surface area contributed by atoms with Gasteiger partial charge in [-0.1, -0.05) is 24.0 Å². The van der Waals surface area contributed by atoms with Gasteiger partial charge in [0.05, 0.1) is 12.1 Å². The fourth-order valence-corrected chi connectivity index (χ4v) is 1.02. The summed E-state index contributed by atoms with van der Waals surface area (Å²) in [6.45, 7) is 1.91. The Kier molecular flexibility index (Phi) is 3.14. The summed E-state index contributed by atoms with van der Waals surface area (Å²) in [5, 5.41) is 0. The zero-order valence-corrected chi connectivity index (χ0v) is 8.00. The number of primary amides is 1. The van der Waals surface area contributed by atoms with Crippen LogP contribution in [0.25, 0.3) is 0 Å². The second-order valence-electron chi connectivity index (χ2n) is 2.98. The van der Waals surface area contributed by atoms with E-state index < -0.39 is 5.91 Å². The van der Waals surface area contributed by atoms with Gasteiger partial charge < -0.3 is 11.5 Å². The van der Waals surface area contributed by atoms with Gasteiger partial charge in [0.15, 0.2) is 0 Å². The van der Waals surface area contributed by atoms with Crippen molar-refractivity contribution in [2.24, 2.45) is 5.73 Å². The molecule has 1 aromatic rings. The van der Waals surface area contributed by atoms with Crippen molar-refractivity contribution in [3.63, 3.8) is 0 Å². The number of benzene rings is 1. The highest BCUT2D eigenvalue weighted by Crippen LogP contribution is 2.14. The summed E-state index contributed by atoms with van der Waals surface area (Å²) in [5.41, 5.74) is 13.1. The molecule has 0 aliphatic carbocycles. The molecule has 0 radical (unpaired) electrons. The first-order chi connectivity index (χ1) is 6.61. The predicted molar refractivity (Wildman–Crippen MR) is 56.3 cm³/mol. The number of hydrogen-bond acceptors (Lipinski definition) is 2. The Morgan fingerprint density at radius 2 is 2.21 bits per heavy atom. The highest BCUT2D eigenvalue weighted by atomic mass is 16.1. The summed E-state index contributed by atoms with van der Waals surface area (Å²) in [4.78, 5) is 10.4. The molecule has 0 saturated carbocycles. The van der Waals surface area contributed by atoms with E-state index >= 15 is 0 Å². The van der Waals surface area contributed by atoms with Gasteiger partial charge in [0.2, 0.25) is 5.91 Å². The predicted octanol–water partition coefficient (Wildman–Crippen LogP) is 0.804. The molecule has 0 bridgehead atoms. The molecule has 1 amide bonds. The zero-order chi connectivity index (χ0) is 10.6. The molecule has 4 N–H and O–H groups in total. The van der Waals surface area contributed by atoms with Crippen LogP contribution in [0, 0.1) is 18.8 Å². The normalized spacial score (nSPS) is 8.93. The van der Waals surface area contributed by atoms with Gasteiger partial charge in [0, 0.05) is 5.56 Å². The number of nitrogen functional groups attached to an aromatic ring is 1. The van der Waals surface area contributed by atoms with E-state index in [1.54, 1.807) is 0 Å². The first-order valence-electron chi connectivity index (χ1n) is 4.23. The van der Waals surface area contributed by atoms with E-state index in [-0.39, 0.29) is 6.42 Å². The van der Waals surface area contributed by atoms with E-state index in [9.17, 15) is 4.79 Å². The lowest BCUT2D eigenvalue weighted by Gasteiger charge is -2.00. The van der Waals surface area contributed by atoms with Crippen molar-refractivity contribution in [2.45, 2.75) is 13.3 Å². The van der Waals surface area contributed by atoms with Crippen LogP contribution in [-0.4, -0.2) is 5.91 Å². The first kappa shape index (κ1) is 10.1.